The Balaban J connectivity index is 1.73. The smallest absolute Gasteiger partial charge is 0.231 e. The van der Waals surface area contributed by atoms with E-state index in [1.807, 2.05) is 12.1 Å². The van der Waals surface area contributed by atoms with E-state index in [0.717, 1.165) is 5.57 Å². The fourth-order valence-electron chi connectivity index (χ4n) is 5.38. The molecule has 1 aromatic rings. The van der Waals surface area contributed by atoms with E-state index in [1.165, 1.54) is 6.08 Å². The largest absolute Gasteiger partial charge is 0.508 e. The van der Waals surface area contributed by atoms with E-state index in [2.05, 4.69) is 5.32 Å². The topological polar surface area (TPSA) is 101 Å². The number of carbonyl (C=O) groups excluding carboxylic acids is 4. The first kappa shape index (κ1) is 17.8. The summed E-state index contributed by atoms with van der Waals surface area (Å²) in [5, 5.41) is 12.4. The highest BCUT2D eigenvalue weighted by molar-refractivity contribution is 6.23. The highest BCUT2D eigenvalue weighted by atomic mass is 16.3. The molecule has 0 spiro atoms. The van der Waals surface area contributed by atoms with Crippen LogP contribution >= 0.6 is 0 Å². The molecule has 0 saturated carbocycles. The van der Waals surface area contributed by atoms with Gasteiger partial charge < -0.3 is 5.11 Å². The summed E-state index contributed by atoms with van der Waals surface area (Å²) >= 11 is 0. The Hall–Kier alpha value is -3.28. The molecule has 6 nitrogen and oxygen atoms in total. The van der Waals surface area contributed by atoms with E-state index in [-0.39, 0.29) is 41.5 Å². The summed E-state index contributed by atoms with van der Waals surface area (Å²) in [4.78, 5) is 50.7. The summed E-state index contributed by atoms with van der Waals surface area (Å²) in [5.74, 6) is -2.72. The molecule has 2 N–H and O–H groups in total. The lowest BCUT2D eigenvalue weighted by Crippen LogP contribution is -2.39. The first-order chi connectivity index (χ1) is 13.9. The normalized spacial score (nSPS) is 30.9. The molecule has 2 amide bonds. The van der Waals surface area contributed by atoms with Gasteiger partial charge in [0.2, 0.25) is 11.8 Å². The maximum atomic E-state index is 13.0. The number of fused-ring (bicyclic) bond motifs is 3. The van der Waals surface area contributed by atoms with Crippen LogP contribution in [0.25, 0.3) is 0 Å². The molecule has 0 aromatic heterocycles. The van der Waals surface area contributed by atoms with E-state index >= 15 is 0 Å². The van der Waals surface area contributed by atoms with Crippen LogP contribution in [0.3, 0.4) is 0 Å². The van der Waals surface area contributed by atoms with Crippen LogP contribution in [0.15, 0.2) is 58.7 Å². The molecule has 3 aliphatic carbocycles. The molecule has 0 bridgehead atoms. The number of Topliss-reactive ketones (excluding diaryl/α,β-unsaturated/α-hetero) is 1. The van der Waals surface area contributed by atoms with Crippen molar-refractivity contribution in [1.82, 2.24) is 5.32 Å². The Labute approximate surface area is 167 Å². The summed E-state index contributed by atoms with van der Waals surface area (Å²) in [6, 6.07) is 6.65. The lowest BCUT2D eigenvalue weighted by atomic mass is 9.59. The van der Waals surface area contributed by atoms with Crippen molar-refractivity contribution < 1.29 is 24.3 Å². The van der Waals surface area contributed by atoms with Gasteiger partial charge in [-0.2, -0.15) is 0 Å². The van der Waals surface area contributed by atoms with Gasteiger partial charge in [0.1, 0.15) is 5.75 Å². The number of phenols is 1. The van der Waals surface area contributed by atoms with Crippen LogP contribution in [-0.4, -0.2) is 28.5 Å². The number of ketones is 2. The Morgan fingerprint density at radius 1 is 1.07 bits per heavy atom. The molecule has 1 saturated heterocycles. The van der Waals surface area contributed by atoms with Crippen LogP contribution < -0.4 is 5.32 Å². The van der Waals surface area contributed by atoms with Crippen molar-refractivity contribution in [2.45, 2.75) is 25.7 Å². The molecule has 4 atom stereocenters. The van der Waals surface area contributed by atoms with Gasteiger partial charge in [0.25, 0.3) is 0 Å². The number of phenolic OH excluding ortho intramolecular Hbond substituents is 1. The molecule has 1 heterocycles. The summed E-state index contributed by atoms with van der Waals surface area (Å²) in [6.45, 7) is 1.62. The second-order valence-electron chi connectivity index (χ2n) is 8.18. The minimum absolute atomic E-state index is 0.0659. The van der Waals surface area contributed by atoms with Gasteiger partial charge in [0, 0.05) is 22.6 Å². The first-order valence-corrected chi connectivity index (χ1v) is 9.70. The van der Waals surface area contributed by atoms with Crippen LogP contribution in [0.2, 0.25) is 0 Å². The Morgan fingerprint density at radius 3 is 2.62 bits per heavy atom. The van der Waals surface area contributed by atoms with Gasteiger partial charge in [-0.05, 0) is 49.5 Å². The first-order valence-electron chi connectivity index (χ1n) is 9.70. The van der Waals surface area contributed by atoms with Gasteiger partial charge >= 0.3 is 0 Å². The van der Waals surface area contributed by atoms with E-state index in [9.17, 15) is 24.3 Å². The van der Waals surface area contributed by atoms with Crippen LogP contribution in [-0.2, 0) is 19.2 Å². The van der Waals surface area contributed by atoms with Crippen LogP contribution in [0.5, 0.6) is 5.75 Å². The summed E-state index contributed by atoms with van der Waals surface area (Å²) in [7, 11) is 0. The zero-order chi connectivity index (χ0) is 20.4. The lowest BCUT2D eigenvalue weighted by molar-refractivity contribution is -0.126. The van der Waals surface area contributed by atoms with Crippen LogP contribution in [0.4, 0.5) is 0 Å². The van der Waals surface area contributed by atoms with Gasteiger partial charge in [-0.15, -0.1) is 0 Å². The summed E-state index contributed by atoms with van der Waals surface area (Å²) < 4.78 is 0. The molecule has 4 aliphatic rings. The van der Waals surface area contributed by atoms with Crippen molar-refractivity contribution in [2.75, 3.05) is 0 Å². The molecule has 4 unspecified atom stereocenters. The fourth-order valence-corrected chi connectivity index (χ4v) is 5.38. The molecule has 6 heteroatoms. The number of aromatic hydroxyl groups is 1. The maximum Gasteiger partial charge on any atom is 0.231 e. The van der Waals surface area contributed by atoms with Crippen molar-refractivity contribution in [2.24, 2.45) is 17.8 Å². The quantitative estimate of drug-likeness (QED) is 0.435. The molecule has 146 valence electrons. The third kappa shape index (κ3) is 2.48. The van der Waals surface area contributed by atoms with Crippen molar-refractivity contribution in [3.63, 3.8) is 0 Å². The number of amides is 2. The van der Waals surface area contributed by atoms with Crippen LogP contribution in [0, 0.1) is 17.8 Å². The highest BCUT2D eigenvalue weighted by Gasteiger charge is 2.53. The lowest BCUT2D eigenvalue weighted by Gasteiger charge is -2.42. The summed E-state index contributed by atoms with van der Waals surface area (Å²) in [5.41, 5.74) is 2.82. The number of imide groups is 1. The maximum absolute atomic E-state index is 13.0. The third-order valence-corrected chi connectivity index (χ3v) is 6.61. The van der Waals surface area contributed by atoms with E-state index in [4.69, 9.17) is 0 Å². The number of allylic oxidation sites excluding steroid dienone is 6. The molecule has 0 radical (unpaired) electrons. The molecule has 1 fully saturated rings. The standard InChI is InChI=1S/C23H19NO5/c1-10-7-17(26)20-16(21(10)27)9-15-13(18(20)11-3-2-4-12(25)8-11)5-6-14-19(15)23(29)24-22(14)28/h2-5,7-8,14-15,18-19,25H,6,9H2,1H3,(H,24,28,29). The van der Waals surface area contributed by atoms with Crippen molar-refractivity contribution >= 4 is 23.4 Å². The van der Waals surface area contributed by atoms with E-state index in [1.54, 1.807) is 25.1 Å². The number of hydrogen-bond acceptors (Lipinski definition) is 5. The zero-order valence-corrected chi connectivity index (χ0v) is 15.8. The van der Waals surface area contributed by atoms with Gasteiger partial charge in [-0.25, -0.2) is 0 Å². The van der Waals surface area contributed by atoms with Crippen molar-refractivity contribution in [3.8, 4) is 5.75 Å². The highest BCUT2D eigenvalue weighted by Crippen LogP contribution is 2.54. The van der Waals surface area contributed by atoms with Crippen molar-refractivity contribution in [3.05, 3.63) is 64.3 Å². The second-order valence-corrected chi connectivity index (χ2v) is 8.18. The van der Waals surface area contributed by atoms with Gasteiger partial charge in [0.15, 0.2) is 11.6 Å². The van der Waals surface area contributed by atoms with Crippen molar-refractivity contribution in [1.29, 1.82) is 0 Å². The Kier molecular flexibility index (Phi) is 3.75. The molecule has 29 heavy (non-hydrogen) atoms. The second kappa shape index (κ2) is 6.11. The SMILES string of the molecule is CC1=CC(=O)C2=C(CC3C(=CCC4C(=O)NC(=O)C43)C2c2cccc(O)c2)C1=O. The predicted octanol–water partition coefficient (Wildman–Crippen LogP) is 2.11. The minimum atomic E-state index is -0.537. The number of benzene rings is 1. The Bertz CT molecular complexity index is 1110. The Morgan fingerprint density at radius 2 is 1.86 bits per heavy atom. The van der Waals surface area contributed by atoms with Gasteiger partial charge in [-0.1, -0.05) is 23.8 Å². The molecule has 5 rings (SSSR count). The third-order valence-electron chi connectivity index (χ3n) is 6.61. The van der Waals surface area contributed by atoms with Gasteiger partial charge in [0.05, 0.1) is 11.8 Å². The van der Waals surface area contributed by atoms with E-state index in [0.29, 0.717) is 28.7 Å². The number of rotatable bonds is 1. The molecular formula is C23H19NO5. The van der Waals surface area contributed by atoms with Crippen LogP contribution in [0.1, 0.15) is 31.2 Å². The van der Waals surface area contributed by atoms with Gasteiger partial charge in [-0.3, -0.25) is 24.5 Å². The minimum Gasteiger partial charge on any atom is -0.508 e. The summed E-state index contributed by atoms with van der Waals surface area (Å²) in [6.07, 6.45) is 4.01. The molecule has 1 aliphatic heterocycles. The van der Waals surface area contributed by atoms with E-state index < -0.39 is 17.8 Å². The number of carbonyl (C=O) groups is 4. The monoisotopic (exact) mass is 389 g/mol. The average molecular weight is 389 g/mol. The molecule has 1 aromatic carbocycles. The average Bonchev–Trinajstić information content (AvgIpc) is 2.98. The predicted molar refractivity (Wildman–Crippen MR) is 103 cm³/mol. The molecular weight excluding hydrogens is 370 g/mol. The number of hydrogen-bond donors (Lipinski definition) is 2. The number of nitrogens with one attached hydrogen (secondary N) is 1. The zero-order valence-electron chi connectivity index (χ0n) is 15.8. The fraction of sp³-hybridized carbons (Fsp3) is 0.304.